The van der Waals surface area contributed by atoms with E-state index in [9.17, 15) is 43.2 Å². The highest BCUT2D eigenvalue weighted by Gasteiger charge is 2.46. The Morgan fingerprint density at radius 2 is 0.595 bits per heavy atom. The van der Waals surface area contributed by atoms with Gasteiger partial charge in [-0.1, -0.05) is 81.7 Å². The third-order valence-corrected chi connectivity index (χ3v) is 19.0. The van der Waals surface area contributed by atoms with Gasteiger partial charge in [0.05, 0.1) is 47.3 Å². The summed E-state index contributed by atoms with van der Waals surface area (Å²) < 4.78 is 11.1. The Labute approximate surface area is 465 Å². The lowest BCUT2D eigenvalue weighted by Crippen LogP contribution is -2.54. The number of amides is 8. The van der Waals surface area contributed by atoms with Crippen LogP contribution >= 0.6 is 0 Å². The van der Waals surface area contributed by atoms with Gasteiger partial charge in [-0.25, -0.2) is 4.79 Å². The number of rotatable bonds is 18. The molecule has 0 bridgehead atoms. The number of hydrogen-bond donors (Lipinski definition) is 8. The van der Waals surface area contributed by atoms with E-state index in [1.807, 2.05) is 30.3 Å². The zero-order valence-corrected chi connectivity index (χ0v) is 46.8. The van der Waals surface area contributed by atoms with E-state index in [2.05, 4.69) is 42.5 Å². The van der Waals surface area contributed by atoms with E-state index < -0.39 is 59.0 Å². The monoisotopic (exact) mass is 1100 g/mol. The average molecular weight is 1100 g/mol. The number of carbonyl (C=O) groups excluding carboxylic acids is 9. The van der Waals surface area contributed by atoms with Gasteiger partial charge in [0.1, 0.15) is 12.2 Å². The summed E-state index contributed by atoms with van der Waals surface area (Å²) in [4.78, 5) is 123. The summed E-state index contributed by atoms with van der Waals surface area (Å²) in [7, 11) is 0. The van der Waals surface area contributed by atoms with Crippen molar-refractivity contribution in [2.75, 3.05) is 0 Å². The average Bonchev–Trinajstić information content (AvgIpc) is 4.34. The summed E-state index contributed by atoms with van der Waals surface area (Å²) in [6.45, 7) is 5.56. The second-order valence-electron chi connectivity index (χ2n) is 25.5. The molecule has 16 atom stereocenters. The molecule has 0 saturated heterocycles. The van der Waals surface area contributed by atoms with Crippen LogP contribution in [-0.4, -0.2) is 107 Å². The van der Waals surface area contributed by atoms with E-state index in [1.165, 1.54) is 0 Å². The van der Waals surface area contributed by atoms with Gasteiger partial charge in [-0.05, 0) is 129 Å². The molecular weight excluding hydrogens is 1010 g/mol. The molecule has 0 heterocycles. The van der Waals surface area contributed by atoms with Crippen molar-refractivity contribution >= 4 is 53.4 Å². The van der Waals surface area contributed by atoms with Gasteiger partial charge in [0, 0.05) is 48.3 Å². The normalized spacial score (nSPS) is 34.1. The summed E-state index contributed by atoms with van der Waals surface area (Å²) in [5, 5.41) is 25.2. The van der Waals surface area contributed by atoms with Crippen molar-refractivity contribution in [2.24, 2.45) is 47.3 Å². The van der Waals surface area contributed by atoms with Gasteiger partial charge in [0.2, 0.25) is 41.4 Å². The molecule has 1 aromatic rings. The lowest BCUT2D eigenvalue weighted by molar-refractivity contribution is -0.150. The summed E-state index contributed by atoms with van der Waals surface area (Å²) >= 11 is 0. The summed E-state index contributed by atoms with van der Waals surface area (Å²) in [5.41, 5.74) is 0.245. The number of hydrogen-bond acceptors (Lipinski definition) is 11. The lowest BCUT2D eigenvalue weighted by atomic mass is 9.95. The second-order valence-corrected chi connectivity index (χ2v) is 25.5. The fourth-order valence-corrected chi connectivity index (χ4v) is 14.9. The van der Waals surface area contributed by atoms with Crippen LogP contribution in [0.4, 0.5) is 4.79 Å². The van der Waals surface area contributed by atoms with Gasteiger partial charge in [-0.15, -0.1) is 0 Å². The molecule has 1 aromatic carbocycles. The zero-order chi connectivity index (χ0) is 55.8. The van der Waals surface area contributed by atoms with Crippen molar-refractivity contribution in [3.63, 3.8) is 0 Å². The van der Waals surface area contributed by atoms with E-state index in [1.54, 1.807) is 20.8 Å². The molecule has 9 rings (SSSR count). The first-order valence-corrected chi connectivity index (χ1v) is 30.3. The van der Waals surface area contributed by atoms with Crippen molar-refractivity contribution in [3.05, 3.63) is 35.9 Å². The number of esters is 1. The highest BCUT2D eigenvalue weighted by Crippen LogP contribution is 2.36. The zero-order valence-electron chi connectivity index (χ0n) is 46.8. The molecule has 0 radical (unpaired) electrons. The number of ether oxygens (including phenoxy) is 2. The predicted molar refractivity (Wildman–Crippen MR) is 292 cm³/mol. The molecule has 8 aliphatic carbocycles. The molecule has 8 fully saturated rings. The van der Waals surface area contributed by atoms with E-state index in [0.29, 0.717) is 103 Å². The van der Waals surface area contributed by atoms with Gasteiger partial charge in [-0.2, -0.15) is 0 Å². The van der Waals surface area contributed by atoms with Gasteiger partial charge in [0.15, 0.2) is 0 Å². The standard InChI is InChI=1S/C60H88N8O11/c1-60(2,3)79-59(77)68-49-31-13-23-41(49)57(75)66-47-29-11-21-39(47)55(73)64-45-27-9-19-37(45)53(71)62-43-25-7-17-35(43)51(69)61-44-26-8-18-36(44)52(70)63-46-28-10-20-38(46)54(72)65-48-30-12-22-40(48)56(74)67-50-32-14-24-42(50)58(76)78-33-34-15-5-4-6-16-34/h4-6,15-16,35-50H,7-14,17-33H2,1-3H3,(H,61,69)(H,62,71)(H,63,70)(H,64,73)(H,65,72)(H,66,75)(H,67,74)(H,68,77)/t35-,36-,37-,38-,39-,40-,41-,42-,43-,44-,45-,46-,47-,48-,49-,50-/m1/s1. The predicted octanol–water partition coefficient (Wildman–Crippen LogP) is 5.42. The molecule has 0 aromatic heterocycles. The van der Waals surface area contributed by atoms with Crippen LogP contribution in [-0.2, 0) is 54.4 Å². The van der Waals surface area contributed by atoms with Crippen LogP contribution in [0.15, 0.2) is 30.3 Å². The Morgan fingerprint density at radius 1 is 0.354 bits per heavy atom. The Morgan fingerprint density at radius 3 is 0.861 bits per heavy atom. The molecule has 434 valence electrons. The van der Waals surface area contributed by atoms with E-state index in [4.69, 9.17) is 9.47 Å². The summed E-state index contributed by atoms with van der Waals surface area (Å²) in [5.74, 6) is -5.00. The van der Waals surface area contributed by atoms with E-state index in [-0.39, 0.29) is 102 Å². The van der Waals surface area contributed by atoms with Gasteiger partial charge in [-0.3, -0.25) is 38.4 Å². The maximum atomic E-state index is 14.1. The van der Waals surface area contributed by atoms with Crippen molar-refractivity contribution < 1.29 is 52.6 Å². The first-order valence-electron chi connectivity index (χ1n) is 30.3. The Bertz CT molecular complexity index is 2380. The summed E-state index contributed by atoms with van der Waals surface area (Å²) in [6, 6.07) is 6.66. The number of carbonyl (C=O) groups is 9. The van der Waals surface area contributed by atoms with Gasteiger partial charge < -0.3 is 52.0 Å². The lowest BCUT2D eigenvalue weighted by Gasteiger charge is -2.29. The van der Waals surface area contributed by atoms with Crippen LogP contribution in [0.1, 0.15) is 180 Å². The van der Waals surface area contributed by atoms with Crippen LogP contribution in [0, 0.1) is 47.3 Å². The molecule has 0 aliphatic heterocycles. The highest BCUT2D eigenvalue weighted by molar-refractivity contribution is 5.88. The summed E-state index contributed by atoms with van der Waals surface area (Å²) in [6.07, 6.45) is 16.0. The van der Waals surface area contributed by atoms with Crippen molar-refractivity contribution in [1.82, 2.24) is 42.5 Å². The number of benzene rings is 1. The maximum Gasteiger partial charge on any atom is 0.407 e. The number of alkyl carbamates (subject to hydrolysis) is 1. The fourth-order valence-electron chi connectivity index (χ4n) is 14.9. The Kier molecular flexibility index (Phi) is 19.2. The third-order valence-electron chi connectivity index (χ3n) is 19.0. The molecule has 8 aliphatic rings. The molecule has 8 N–H and O–H groups in total. The largest absolute Gasteiger partial charge is 0.461 e. The second kappa shape index (κ2) is 26.2. The van der Waals surface area contributed by atoms with Crippen LogP contribution in [0.3, 0.4) is 0 Å². The van der Waals surface area contributed by atoms with Crippen LogP contribution in [0.2, 0.25) is 0 Å². The quantitative estimate of drug-likeness (QED) is 0.0861. The van der Waals surface area contributed by atoms with E-state index in [0.717, 1.165) is 56.9 Å². The molecule has 8 amide bonds. The maximum absolute atomic E-state index is 14.1. The minimum absolute atomic E-state index is 0.152. The van der Waals surface area contributed by atoms with Crippen LogP contribution < -0.4 is 42.5 Å². The van der Waals surface area contributed by atoms with Crippen molar-refractivity contribution in [1.29, 1.82) is 0 Å². The third kappa shape index (κ3) is 14.6. The Balaban J connectivity index is 0.714. The molecule has 0 spiro atoms. The minimum atomic E-state index is -0.659. The van der Waals surface area contributed by atoms with E-state index >= 15 is 0 Å². The molecule has 0 unspecified atom stereocenters. The van der Waals surface area contributed by atoms with Gasteiger partial charge >= 0.3 is 12.1 Å². The van der Waals surface area contributed by atoms with Gasteiger partial charge in [0.25, 0.3) is 0 Å². The molecule has 79 heavy (non-hydrogen) atoms. The Hall–Kier alpha value is -5.75. The molecule has 19 nitrogen and oxygen atoms in total. The number of nitrogens with one attached hydrogen (secondary N) is 8. The topological polar surface area (TPSA) is 268 Å². The van der Waals surface area contributed by atoms with Crippen LogP contribution in [0.5, 0.6) is 0 Å². The first-order chi connectivity index (χ1) is 38.0. The smallest absolute Gasteiger partial charge is 0.407 e. The van der Waals surface area contributed by atoms with Crippen molar-refractivity contribution in [2.45, 2.75) is 235 Å². The highest BCUT2D eigenvalue weighted by atomic mass is 16.6. The SMILES string of the molecule is CC(C)(C)OC(=O)N[C@@H]1CCC[C@H]1C(=O)N[C@@H]1CCC[C@H]1C(=O)N[C@@H]1CCC[C@H]1C(=O)N[C@@H]1CCC[C@H]1C(=O)N[C@@H]1CCC[C@H]1C(=O)N[C@@H]1CCC[C@H]1C(=O)N[C@@H]1CCC[C@H]1C(=O)N[C@@H]1CCC[C@H]1C(=O)OCc1ccccc1. The minimum Gasteiger partial charge on any atom is -0.461 e. The van der Waals surface area contributed by atoms with Crippen molar-refractivity contribution in [3.8, 4) is 0 Å². The van der Waals surface area contributed by atoms with Crippen LogP contribution in [0.25, 0.3) is 0 Å². The molecule has 19 heteroatoms. The molecule has 8 saturated carbocycles. The molecular formula is C60H88N8O11. The first kappa shape index (κ1) is 57.9. The fraction of sp³-hybridized carbons (Fsp3) is 0.750.